The van der Waals surface area contributed by atoms with Crippen molar-refractivity contribution in [2.45, 2.75) is 25.4 Å². The SMILES string of the molecule is CC1CCNC(=O)C(CN)N1c1cccc(Cl)c1. The maximum atomic E-state index is 12.0. The molecule has 1 aromatic rings. The van der Waals surface area contributed by atoms with Gasteiger partial charge in [0.25, 0.3) is 0 Å². The summed E-state index contributed by atoms with van der Waals surface area (Å²) in [6, 6.07) is 7.46. The summed E-state index contributed by atoms with van der Waals surface area (Å²) in [7, 11) is 0. The van der Waals surface area contributed by atoms with Crippen molar-refractivity contribution >= 4 is 23.2 Å². The predicted molar refractivity (Wildman–Crippen MR) is 73.9 cm³/mol. The Kier molecular flexibility index (Phi) is 4.09. The van der Waals surface area contributed by atoms with E-state index in [4.69, 9.17) is 17.3 Å². The summed E-state index contributed by atoms with van der Waals surface area (Å²) in [5.74, 6) is -0.0122. The molecule has 2 unspecified atom stereocenters. The van der Waals surface area contributed by atoms with E-state index in [0.717, 1.165) is 12.1 Å². The Labute approximate surface area is 112 Å². The van der Waals surface area contributed by atoms with Crippen LogP contribution in [0.3, 0.4) is 0 Å². The zero-order valence-electron chi connectivity index (χ0n) is 10.4. The molecular weight excluding hydrogens is 250 g/mol. The number of carbonyl (C=O) groups is 1. The van der Waals surface area contributed by atoms with Crippen molar-refractivity contribution in [3.63, 3.8) is 0 Å². The average Bonchev–Trinajstić information content (AvgIpc) is 2.48. The largest absolute Gasteiger partial charge is 0.356 e. The fourth-order valence-corrected chi connectivity index (χ4v) is 2.57. The zero-order valence-corrected chi connectivity index (χ0v) is 11.2. The van der Waals surface area contributed by atoms with E-state index in [1.807, 2.05) is 24.3 Å². The fraction of sp³-hybridized carbons (Fsp3) is 0.462. The van der Waals surface area contributed by atoms with Gasteiger partial charge in [-0.15, -0.1) is 0 Å². The summed E-state index contributed by atoms with van der Waals surface area (Å²) in [5.41, 5.74) is 6.70. The monoisotopic (exact) mass is 267 g/mol. The molecule has 2 atom stereocenters. The molecule has 0 radical (unpaired) electrons. The van der Waals surface area contributed by atoms with E-state index in [0.29, 0.717) is 18.1 Å². The van der Waals surface area contributed by atoms with Gasteiger partial charge in [-0.3, -0.25) is 4.79 Å². The lowest BCUT2D eigenvalue weighted by Crippen LogP contribution is -2.51. The second kappa shape index (κ2) is 5.59. The molecule has 0 saturated carbocycles. The number of benzene rings is 1. The van der Waals surface area contributed by atoms with Gasteiger partial charge in [0.1, 0.15) is 6.04 Å². The van der Waals surface area contributed by atoms with Crippen LogP contribution in [0.25, 0.3) is 0 Å². The first-order valence-electron chi connectivity index (χ1n) is 6.15. The molecule has 1 amide bonds. The Morgan fingerprint density at radius 2 is 2.33 bits per heavy atom. The van der Waals surface area contributed by atoms with E-state index >= 15 is 0 Å². The first-order chi connectivity index (χ1) is 8.63. The highest BCUT2D eigenvalue weighted by atomic mass is 35.5. The van der Waals surface area contributed by atoms with Gasteiger partial charge < -0.3 is 16.0 Å². The quantitative estimate of drug-likeness (QED) is 0.851. The van der Waals surface area contributed by atoms with Crippen molar-refractivity contribution in [3.05, 3.63) is 29.3 Å². The minimum Gasteiger partial charge on any atom is -0.356 e. The number of halogens is 1. The number of anilines is 1. The first kappa shape index (κ1) is 13.2. The Morgan fingerprint density at radius 1 is 1.56 bits per heavy atom. The summed E-state index contributed by atoms with van der Waals surface area (Å²) < 4.78 is 0. The molecule has 98 valence electrons. The molecule has 5 heteroatoms. The summed E-state index contributed by atoms with van der Waals surface area (Å²) in [6.07, 6.45) is 0.898. The van der Waals surface area contributed by atoms with Gasteiger partial charge in [0.05, 0.1) is 0 Å². The third-order valence-electron chi connectivity index (χ3n) is 3.30. The second-order valence-corrected chi connectivity index (χ2v) is 5.00. The molecule has 1 heterocycles. The van der Waals surface area contributed by atoms with Crippen LogP contribution in [-0.4, -0.2) is 31.1 Å². The maximum absolute atomic E-state index is 12.0. The van der Waals surface area contributed by atoms with Crippen LogP contribution in [0.15, 0.2) is 24.3 Å². The van der Waals surface area contributed by atoms with E-state index in [9.17, 15) is 4.79 Å². The van der Waals surface area contributed by atoms with Gasteiger partial charge in [0.15, 0.2) is 0 Å². The first-order valence-corrected chi connectivity index (χ1v) is 6.53. The number of nitrogens with two attached hydrogens (primary N) is 1. The average molecular weight is 268 g/mol. The van der Waals surface area contributed by atoms with Crippen molar-refractivity contribution in [3.8, 4) is 0 Å². The Balaban J connectivity index is 2.38. The van der Waals surface area contributed by atoms with Crippen molar-refractivity contribution in [2.75, 3.05) is 18.0 Å². The van der Waals surface area contributed by atoms with Gasteiger partial charge in [-0.05, 0) is 31.5 Å². The fourth-order valence-electron chi connectivity index (χ4n) is 2.39. The highest BCUT2D eigenvalue weighted by molar-refractivity contribution is 6.30. The lowest BCUT2D eigenvalue weighted by atomic mass is 10.1. The van der Waals surface area contributed by atoms with E-state index in [-0.39, 0.29) is 18.0 Å². The molecule has 1 aliphatic rings. The number of rotatable bonds is 2. The van der Waals surface area contributed by atoms with Gasteiger partial charge in [0.2, 0.25) is 5.91 Å². The topological polar surface area (TPSA) is 58.4 Å². The smallest absolute Gasteiger partial charge is 0.244 e. The minimum absolute atomic E-state index is 0.0122. The van der Waals surface area contributed by atoms with Crippen molar-refractivity contribution in [1.82, 2.24) is 5.32 Å². The van der Waals surface area contributed by atoms with Crippen LogP contribution in [0.5, 0.6) is 0 Å². The van der Waals surface area contributed by atoms with Crippen LogP contribution in [0.2, 0.25) is 5.02 Å². The van der Waals surface area contributed by atoms with Crippen molar-refractivity contribution in [1.29, 1.82) is 0 Å². The second-order valence-electron chi connectivity index (χ2n) is 4.57. The van der Waals surface area contributed by atoms with Gasteiger partial charge in [-0.2, -0.15) is 0 Å². The molecule has 0 aliphatic carbocycles. The minimum atomic E-state index is -0.332. The molecule has 1 aliphatic heterocycles. The lowest BCUT2D eigenvalue weighted by Gasteiger charge is -2.34. The summed E-state index contributed by atoms with van der Waals surface area (Å²) in [5, 5.41) is 3.56. The molecule has 1 saturated heterocycles. The van der Waals surface area contributed by atoms with E-state index in [1.54, 1.807) is 0 Å². The van der Waals surface area contributed by atoms with Crippen LogP contribution in [0.4, 0.5) is 5.69 Å². The highest BCUT2D eigenvalue weighted by Gasteiger charge is 2.31. The number of nitrogens with one attached hydrogen (secondary N) is 1. The molecule has 0 spiro atoms. The number of amides is 1. The standard InChI is InChI=1S/C13H18ClN3O/c1-9-5-6-16-13(18)12(8-15)17(9)11-4-2-3-10(14)7-11/h2-4,7,9,12H,5-6,8,15H2,1H3,(H,16,18). The van der Waals surface area contributed by atoms with Gasteiger partial charge in [-0.1, -0.05) is 17.7 Å². The number of nitrogens with zero attached hydrogens (tertiary/aromatic N) is 1. The van der Waals surface area contributed by atoms with Gasteiger partial charge in [-0.25, -0.2) is 0 Å². The van der Waals surface area contributed by atoms with Crippen molar-refractivity contribution in [2.24, 2.45) is 5.73 Å². The summed E-state index contributed by atoms with van der Waals surface area (Å²) in [4.78, 5) is 14.1. The molecule has 3 N–H and O–H groups in total. The van der Waals surface area contributed by atoms with E-state index in [2.05, 4.69) is 17.1 Å². The Bertz CT molecular complexity index is 438. The lowest BCUT2D eigenvalue weighted by molar-refractivity contribution is -0.121. The van der Waals surface area contributed by atoms with Crippen LogP contribution in [0, 0.1) is 0 Å². The Hall–Kier alpha value is -1.26. The molecule has 18 heavy (non-hydrogen) atoms. The van der Waals surface area contributed by atoms with Crippen LogP contribution in [0.1, 0.15) is 13.3 Å². The van der Waals surface area contributed by atoms with Crippen LogP contribution in [-0.2, 0) is 4.79 Å². The number of carbonyl (C=O) groups excluding carboxylic acids is 1. The number of hydrogen-bond acceptors (Lipinski definition) is 3. The molecule has 4 nitrogen and oxygen atoms in total. The number of hydrogen-bond donors (Lipinski definition) is 2. The van der Waals surface area contributed by atoms with Gasteiger partial charge in [0, 0.05) is 29.8 Å². The normalized spacial score (nSPS) is 24.6. The van der Waals surface area contributed by atoms with Crippen molar-refractivity contribution < 1.29 is 4.79 Å². The maximum Gasteiger partial charge on any atom is 0.244 e. The molecule has 1 fully saturated rings. The zero-order chi connectivity index (χ0) is 13.1. The van der Waals surface area contributed by atoms with Crippen LogP contribution < -0.4 is 16.0 Å². The van der Waals surface area contributed by atoms with Gasteiger partial charge >= 0.3 is 0 Å². The Morgan fingerprint density at radius 3 is 3.00 bits per heavy atom. The third kappa shape index (κ3) is 2.60. The molecule has 0 aromatic heterocycles. The van der Waals surface area contributed by atoms with E-state index in [1.165, 1.54) is 0 Å². The predicted octanol–water partition coefficient (Wildman–Crippen LogP) is 1.38. The van der Waals surface area contributed by atoms with Crippen LogP contribution >= 0.6 is 11.6 Å². The summed E-state index contributed by atoms with van der Waals surface area (Å²) >= 11 is 6.02. The molecule has 0 bridgehead atoms. The molecular formula is C13H18ClN3O. The molecule has 1 aromatic carbocycles. The van der Waals surface area contributed by atoms with E-state index < -0.39 is 0 Å². The highest BCUT2D eigenvalue weighted by Crippen LogP contribution is 2.25. The summed E-state index contributed by atoms with van der Waals surface area (Å²) in [6.45, 7) is 3.08. The molecule has 2 rings (SSSR count). The third-order valence-corrected chi connectivity index (χ3v) is 3.54.